The van der Waals surface area contributed by atoms with Crippen LogP contribution in [0.4, 0.5) is 0 Å². The SMILES string of the molecule is CC(C)c1ccnc(Oc2cccc(-c3ccc4c5ccccc5n(-c5ccccc5O)c4n3)c2)c1. The van der Waals surface area contributed by atoms with E-state index in [4.69, 9.17) is 9.72 Å². The molecule has 0 radical (unpaired) electrons. The number of hydrogen-bond donors (Lipinski definition) is 1. The van der Waals surface area contributed by atoms with Gasteiger partial charge in [0.05, 0.1) is 16.9 Å². The van der Waals surface area contributed by atoms with Crippen LogP contribution in [0.3, 0.4) is 0 Å². The van der Waals surface area contributed by atoms with Crippen LogP contribution in [0.15, 0.2) is 103 Å². The first-order valence-corrected chi connectivity index (χ1v) is 12.0. The van der Waals surface area contributed by atoms with E-state index in [-0.39, 0.29) is 5.75 Å². The molecule has 0 fully saturated rings. The topological polar surface area (TPSA) is 60.2 Å². The Bertz CT molecular complexity index is 1720. The number of para-hydroxylation sites is 3. The summed E-state index contributed by atoms with van der Waals surface area (Å²) in [6, 6.07) is 31.5. The minimum Gasteiger partial charge on any atom is -0.506 e. The standard InChI is InChI=1S/C31H25N3O2/c1-20(2)21-16-17-32-30(19-21)36-23-9-7-8-22(18-23)26-15-14-25-24-10-3-4-11-27(24)34(31(25)33-26)28-12-5-6-13-29(28)35/h3-20,35H,1-2H3. The van der Waals surface area contributed by atoms with Gasteiger partial charge in [-0.15, -0.1) is 0 Å². The summed E-state index contributed by atoms with van der Waals surface area (Å²) in [6.45, 7) is 4.30. The Morgan fingerprint density at radius 2 is 1.64 bits per heavy atom. The fourth-order valence-electron chi connectivity index (χ4n) is 4.58. The summed E-state index contributed by atoms with van der Waals surface area (Å²) in [5, 5.41) is 12.8. The third-order valence-corrected chi connectivity index (χ3v) is 6.42. The Morgan fingerprint density at radius 1 is 0.806 bits per heavy atom. The minimum absolute atomic E-state index is 0.207. The smallest absolute Gasteiger partial charge is 0.219 e. The number of hydrogen-bond acceptors (Lipinski definition) is 4. The van der Waals surface area contributed by atoms with Crippen LogP contribution in [-0.4, -0.2) is 19.6 Å². The van der Waals surface area contributed by atoms with Gasteiger partial charge in [-0.25, -0.2) is 9.97 Å². The van der Waals surface area contributed by atoms with Crippen molar-refractivity contribution >= 4 is 21.9 Å². The van der Waals surface area contributed by atoms with E-state index < -0.39 is 0 Å². The zero-order valence-electron chi connectivity index (χ0n) is 20.1. The number of rotatable bonds is 5. The molecule has 0 atom stereocenters. The predicted molar refractivity (Wildman–Crippen MR) is 144 cm³/mol. The van der Waals surface area contributed by atoms with Gasteiger partial charge in [-0.3, -0.25) is 4.57 Å². The number of nitrogens with zero attached hydrogens (tertiary/aromatic N) is 3. The maximum absolute atomic E-state index is 10.6. The van der Waals surface area contributed by atoms with E-state index in [9.17, 15) is 5.11 Å². The first-order valence-electron chi connectivity index (χ1n) is 12.0. The highest BCUT2D eigenvalue weighted by Crippen LogP contribution is 2.35. The Hall–Kier alpha value is -4.64. The number of aromatic hydroxyl groups is 1. The number of aromatic nitrogens is 3. The number of benzene rings is 3. The highest BCUT2D eigenvalue weighted by Gasteiger charge is 2.16. The maximum atomic E-state index is 10.6. The van der Waals surface area contributed by atoms with Crippen LogP contribution in [0, 0.1) is 0 Å². The highest BCUT2D eigenvalue weighted by atomic mass is 16.5. The molecule has 5 heteroatoms. The highest BCUT2D eigenvalue weighted by molar-refractivity contribution is 6.08. The molecule has 0 saturated carbocycles. The lowest BCUT2D eigenvalue weighted by atomic mass is 10.1. The van der Waals surface area contributed by atoms with Crippen molar-refractivity contribution in [3.05, 3.63) is 109 Å². The molecule has 0 aliphatic rings. The van der Waals surface area contributed by atoms with Crippen LogP contribution in [0.25, 0.3) is 38.9 Å². The van der Waals surface area contributed by atoms with Gasteiger partial charge in [0.2, 0.25) is 5.88 Å². The van der Waals surface area contributed by atoms with Crippen LogP contribution in [-0.2, 0) is 0 Å². The average Bonchev–Trinajstić information content (AvgIpc) is 3.23. The number of ether oxygens (including phenoxy) is 1. The zero-order chi connectivity index (χ0) is 24.6. The Labute approximate surface area is 209 Å². The molecule has 0 unspecified atom stereocenters. The van der Waals surface area contributed by atoms with Gasteiger partial charge < -0.3 is 9.84 Å². The molecule has 0 amide bonds. The Morgan fingerprint density at radius 3 is 2.50 bits per heavy atom. The summed E-state index contributed by atoms with van der Waals surface area (Å²) in [4.78, 5) is 9.44. The van der Waals surface area contributed by atoms with Crippen LogP contribution in [0.1, 0.15) is 25.3 Å². The van der Waals surface area contributed by atoms with E-state index in [1.807, 2.05) is 77.4 Å². The van der Waals surface area contributed by atoms with Gasteiger partial charge in [0.15, 0.2) is 0 Å². The lowest BCUT2D eigenvalue weighted by Gasteiger charge is -2.11. The normalized spacial score (nSPS) is 11.4. The molecule has 6 rings (SSSR count). The molecule has 0 spiro atoms. The second-order valence-corrected chi connectivity index (χ2v) is 9.12. The number of pyridine rings is 2. The zero-order valence-corrected chi connectivity index (χ0v) is 20.1. The van der Waals surface area contributed by atoms with Crippen molar-refractivity contribution in [2.75, 3.05) is 0 Å². The monoisotopic (exact) mass is 471 g/mol. The van der Waals surface area contributed by atoms with E-state index in [0.29, 0.717) is 23.2 Å². The number of fused-ring (bicyclic) bond motifs is 3. The molecule has 0 aliphatic heterocycles. The van der Waals surface area contributed by atoms with Gasteiger partial charge in [-0.2, -0.15) is 0 Å². The van der Waals surface area contributed by atoms with Crippen molar-refractivity contribution in [3.8, 4) is 34.3 Å². The van der Waals surface area contributed by atoms with Gasteiger partial charge in [-0.1, -0.05) is 56.3 Å². The maximum Gasteiger partial charge on any atom is 0.219 e. The van der Waals surface area contributed by atoms with Crippen LogP contribution < -0.4 is 4.74 Å². The molecule has 3 aromatic carbocycles. The number of phenols is 1. The summed E-state index contributed by atoms with van der Waals surface area (Å²) in [5.74, 6) is 1.87. The molecule has 5 nitrogen and oxygen atoms in total. The Balaban J connectivity index is 1.46. The van der Waals surface area contributed by atoms with Gasteiger partial charge in [0, 0.05) is 28.6 Å². The van der Waals surface area contributed by atoms with Crippen molar-refractivity contribution in [2.24, 2.45) is 0 Å². The van der Waals surface area contributed by atoms with E-state index in [1.54, 1.807) is 12.3 Å². The van der Waals surface area contributed by atoms with Gasteiger partial charge in [0.25, 0.3) is 0 Å². The van der Waals surface area contributed by atoms with E-state index in [0.717, 1.165) is 33.2 Å². The predicted octanol–water partition coefficient (Wildman–Crippen LogP) is 7.86. The largest absolute Gasteiger partial charge is 0.506 e. The van der Waals surface area contributed by atoms with E-state index in [1.165, 1.54) is 5.56 Å². The van der Waals surface area contributed by atoms with Crippen molar-refractivity contribution in [2.45, 2.75) is 19.8 Å². The van der Waals surface area contributed by atoms with Crippen molar-refractivity contribution in [1.29, 1.82) is 0 Å². The quantitative estimate of drug-likeness (QED) is 0.278. The van der Waals surface area contributed by atoms with Gasteiger partial charge in [-0.05, 0) is 60.0 Å². The first-order chi connectivity index (χ1) is 17.6. The van der Waals surface area contributed by atoms with Crippen LogP contribution >= 0.6 is 0 Å². The van der Waals surface area contributed by atoms with E-state index >= 15 is 0 Å². The third-order valence-electron chi connectivity index (χ3n) is 6.42. The molecular weight excluding hydrogens is 446 g/mol. The van der Waals surface area contributed by atoms with Crippen molar-refractivity contribution in [1.82, 2.24) is 14.5 Å². The minimum atomic E-state index is 0.207. The van der Waals surface area contributed by atoms with Crippen LogP contribution in [0.5, 0.6) is 17.4 Å². The lowest BCUT2D eigenvalue weighted by molar-refractivity contribution is 0.462. The molecule has 0 bridgehead atoms. The molecule has 3 heterocycles. The number of phenolic OH excluding ortho intramolecular Hbond substituents is 1. The Kier molecular flexibility index (Phi) is 5.38. The fraction of sp³-hybridized carbons (Fsp3) is 0.0968. The second kappa shape index (κ2) is 8.86. The summed E-state index contributed by atoms with van der Waals surface area (Å²) in [7, 11) is 0. The molecule has 3 aromatic heterocycles. The summed E-state index contributed by atoms with van der Waals surface area (Å²) < 4.78 is 8.12. The molecule has 176 valence electrons. The summed E-state index contributed by atoms with van der Waals surface area (Å²) in [5.41, 5.74) is 5.40. The molecule has 0 saturated heterocycles. The average molecular weight is 472 g/mol. The molecule has 0 aliphatic carbocycles. The van der Waals surface area contributed by atoms with Crippen molar-refractivity contribution < 1.29 is 9.84 Å². The first kappa shape index (κ1) is 21.9. The van der Waals surface area contributed by atoms with Gasteiger partial charge >= 0.3 is 0 Å². The fourth-order valence-corrected chi connectivity index (χ4v) is 4.58. The summed E-state index contributed by atoms with van der Waals surface area (Å²) in [6.07, 6.45) is 1.78. The summed E-state index contributed by atoms with van der Waals surface area (Å²) >= 11 is 0. The molecule has 1 N–H and O–H groups in total. The second-order valence-electron chi connectivity index (χ2n) is 9.12. The van der Waals surface area contributed by atoms with E-state index in [2.05, 4.69) is 37.0 Å². The van der Waals surface area contributed by atoms with Crippen molar-refractivity contribution in [3.63, 3.8) is 0 Å². The third kappa shape index (κ3) is 3.85. The molecule has 6 aromatic rings. The molecular formula is C31H25N3O2. The lowest BCUT2D eigenvalue weighted by Crippen LogP contribution is -1.97. The molecule has 36 heavy (non-hydrogen) atoms. The van der Waals surface area contributed by atoms with Crippen LogP contribution in [0.2, 0.25) is 0 Å². The van der Waals surface area contributed by atoms with Gasteiger partial charge in [0.1, 0.15) is 17.1 Å².